The van der Waals surface area contributed by atoms with Gasteiger partial charge >= 0.3 is 0 Å². The lowest BCUT2D eigenvalue weighted by atomic mass is 10.1. The van der Waals surface area contributed by atoms with Crippen molar-refractivity contribution in [1.29, 1.82) is 0 Å². The largest absolute Gasteiger partial charge is 0.339 e. The summed E-state index contributed by atoms with van der Waals surface area (Å²) in [6.45, 7) is 2.05. The van der Waals surface area contributed by atoms with Crippen molar-refractivity contribution < 1.29 is 0 Å². The summed E-state index contributed by atoms with van der Waals surface area (Å²) in [5.41, 5.74) is 2.99. The van der Waals surface area contributed by atoms with Gasteiger partial charge in [0.1, 0.15) is 11.8 Å². The SMILES string of the molecule is CN(C)C1CN(c2nc3ncnc(C4CC4)c3[nH]2)C1. The second-order valence-corrected chi connectivity index (χ2v) is 5.81. The molecule has 0 aromatic carbocycles. The topological polar surface area (TPSA) is 60.9 Å². The molecular weight excluding hydrogens is 240 g/mol. The molecule has 0 bridgehead atoms. The van der Waals surface area contributed by atoms with Crippen LogP contribution in [0.2, 0.25) is 0 Å². The van der Waals surface area contributed by atoms with Crippen molar-refractivity contribution in [2.75, 3.05) is 32.1 Å². The zero-order chi connectivity index (χ0) is 13.0. The van der Waals surface area contributed by atoms with Crippen LogP contribution in [0.15, 0.2) is 6.33 Å². The van der Waals surface area contributed by atoms with Gasteiger partial charge in [-0.25, -0.2) is 9.97 Å². The van der Waals surface area contributed by atoms with Crippen LogP contribution in [0.4, 0.5) is 5.95 Å². The Morgan fingerprint density at radius 3 is 2.74 bits per heavy atom. The highest BCUT2D eigenvalue weighted by atomic mass is 15.4. The Morgan fingerprint density at radius 1 is 1.26 bits per heavy atom. The molecule has 1 saturated heterocycles. The molecule has 2 aliphatic rings. The third kappa shape index (κ3) is 1.78. The molecule has 1 aliphatic carbocycles. The molecule has 0 amide bonds. The molecule has 6 heteroatoms. The number of fused-ring (bicyclic) bond motifs is 1. The van der Waals surface area contributed by atoms with Crippen LogP contribution in [0, 0.1) is 0 Å². The summed E-state index contributed by atoms with van der Waals surface area (Å²) in [5, 5.41) is 0. The van der Waals surface area contributed by atoms with E-state index >= 15 is 0 Å². The second-order valence-electron chi connectivity index (χ2n) is 5.81. The smallest absolute Gasteiger partial charge is 0.205 e. The fourth-order valence-corrected chi connectivity index (χ4v) is 2.61. The van der Waals surface area contributed by atoms with Crippen molar-refractivity contribution in [3.63, 3.8) is 0 Å². The monoisotopic (exact) mass is 258 g/mol. The summed E-state index contributed by atoms with van der Waals surface area (Å²) in [6, 6.07) is 0.627. The second kappa shape index (κ2) is 3.90. The molecule has 1 aliphatic heterocycles. The Morgan fingerprint density at radius 2 is 2.05 bits per heavy atom. The first-order chi connectivity index (χ1) is 9.22. The number of imidazole rings is 1. The fourth-order valence-electron chi connectivity index (χ4n) is 2.61. The molecule has 4 rings (SSSR count). The van der Waals surface area contributed by atoms with Gasteiger partial charge in [-0.3, -0.25) is 0 Å². The molecule has 1 saturated carbocycles. The first-order valence-electron chi connectivity index (χ1n) is 6.84. The van der Waals surface area contributed by atoms with Gasteiger partial charge in [0, 0.05) is 25.0 Å². The number of aromatic amines is 1. The van der Waals surface area contributed by atoms with E-state index in [0.29, 0.717) is 12.0 Å². The van der Waals surface area contributed by atoms with Crippen LogP contribution in [-0.4, -0.2) is 58.1 Å². The Hall–Kier alpha value is -1.69. The predicted octanol–water partition coefficient (Wildman–Crippen LogP) is 0.980. The third-order valence-electron chi connectivity index (χ3n) is 4.16. The molecule has 0 radical (unpaired) electrons. The average Bonchev–Trinajstić information content (AvgIpc) is 3.06. The lowest BCUT2D eigenvalue weighted by Crippen LogP contribution is -2.57. The minimum atomic E-state index is 0.615. The van der Waals surface area contributed by atoms with Crippen molar-refractivity contribution in [2.24, 2.45) is 0 Å². The summed E-state index contributed by atoms with van der Waals surface area (Å²) in [7, 11) is 4.24. The maximum Gasteiger partial charge on any atom is 0.205 e. The van der Waals surface area contributed by atoms with E-state index < -0.39 is 0 Å². The van der Waals surface area contributed by atoms with Gasteiger partial charge in [0.15, 0.2) is 5.65 Å². The van der Waals surface area contributed by atoms with E-state index in [2.05, 4.69) is 43.8 Å². The van der Waals surface area contributed by atoms with Gasteiger partial charge in [-0.1, -0.05) is 0 Å². The van der Waals surface area contributed by atoms with Crippen LogP contribution in [0.5, 0.6) is 0 Å². The number of hydrogen-bond donors (Lipinski definition) is 1. The highest BCUT2D eigenvalue weighted by Gasteiger charge is 2.32. The summed E-state index contributed by atoms with van der Waals surface area (Å²) >= 11 is 0. The highest BCUT2D eigenvalue weighted by Crippen LogP contribution is 2.41. The minimum Gasteiger partial charge on any atom is -0.339 e. The average molecular weight is 258 g/mol. The van der Waals surface area contributed by atoms with Gasteiger partial charge in [-0.15, -0.1) is 0 Å². The number of nitrogens with one attached hydrogen (secondary N) is 1. The minimum absolute atomic E-state index is 0.615. The Balaban J connectivity index is 1.64. The molecular formula is C13H18N6. The quantitative estimate of drug-likeness (QED) is 0.889. The number of likely N-dealkylation sites (N-methyl/N-ethyl adjacent to an activating group) is 1. The molecule has 100 valence electrons. The molecule has 2 aromatic heterocycles. The van der Waals surface area contributed by atoms with Crippen molar-refractivity contribution in [3.8, 4) is 0 Å². The number of hydrogen-bond acceptors (Lipinski definition) is 5. The zero-order valence-electron chi connectivity index (χ0n) is 11.3. The highest BCUT2D eigenvalue weighted by molar-refractivity contribution is 5.76. The van der Waals surface area contributed by atoms with Crippen molar-refractivity contribution in [2.45, 2.75) is 24.8 Å². The Bertz CT molecular complexity index is 609. The van der Waals surface area contributed by atoms with Crippen LogP contribution in [0.1, 0.15) is 24.5 Å². The summed E-state index contributed by atoms with van der Waals surface area (Å²) < 4.78 is 0. The number of H-pyrrole nitrogens is 1. The first kappa shape index (κ1) is 11.2. The van der Waals surface area contributed by atoms with Crippen LogP contribution in [0.25, 0.3) is 11.2 Å². The van der Waals surface area contributed by atoms with Gasteiger partial charge in [0.2, 0.25) is 5.95 Å². The first-order valence-corrected chi connectivity index (χ1v) is 6.84. The van der Waals surface area contributed by atoms with Crippen molar-refractivity contribution in [3.05, 3.63) is 12.0 Å². The van der Waals surface area contributed by atoms with Gasteiger partial charge in [0.05, 0.1) is 5.69 Å². The number of aromatic nitrogens is 4. The van der Waals surface area contributed by atoms with E-state index in [4.69, 9.17) is 0 Å². The van der Waals surface area contributed by atoms with E-state index in [1.54, 1.807) is 6.33 Å². The van der Waals surface area contributed by atoms with Gasteiger partial charge in [0.25, 0.3) is 0 Å². The van der Waals surface area contributed by atoms with Crippen LogP contribution >= 0.6 is 0 Å². The standard InChI is InChI=1S/C13H18N6/c1-18(2)9-5-19(6-9)13-16-11-10(8-3-4-8)14-7-15-12(11)17-13/h7-9H,3-6H2,1-2H3,(H,14,15,16,17). The van der Waals surface area contributed by atoms with Crippen LogP contribution in [-0.2, 0) is 0 Å². The Kier molecular flexibility index (Phi) is 2.29. The van der Waals surface area contributed by atoms with E-state index in [1.165, 1.54) is 12.8 Å². The van der Waals surface area contributed by atoms with Crippen molar-refractivity contribution >= 4 is 17.1 Å². The third-order valence-corrected chi connectivity index (χ3v) is 4.16. The van der Waals surface area contributed by atoms with Gasteiger partial charge in [-0.2, -0.15) is 4.98 Å². The molecule has 0 atom stereocenters. The van der Waals surface area contributed by atoms with Crippen LogP contribution < -0.4 is 4.90 Å². The van der Waals surface area contributed by atoms with E-state index in [1.807, 2.05) is 0 Å². The summed E-state index contributed by atoms with van der Waals surface area (Å²) in [6.07, 6.45) is 4.12. The predicted molar refractivity (Wildman–Crippen MR) is 73.3 cm³/mol. The molecule has 1 N–H and O–H groups in total. The number of rotatable bonds is 3. The van der Waals surface area contributed by atoms with Gasteiger partial charge in [-0.05, 0) is 26.9 Å². The fraction of sp³-hybridized carbons (Fsp3) is 0.615. The molecule has 6 nitrogen and oxygen atoms in total. The van der Waals surface area contributed by atoms with Gasteiger partial charge < -0.3 is 14.8 Å². The number of nitrogens with zero attached hydrogens (tertiary/aromatic N) is 5. The lowest BCUT2D eigenvalue weighted by molar-refractivity contribution is 0.245. The summed E-state index contributed by atoms with van der Waals surface area (Å²) in [4.78, 5) is 21.2. The Labute approximate surface area is 111 Å². The molecule has 3 heterocycles. The lowest BCUT2D eigenvalue weighted by Gasteiger charge is -2.42. The normalized spacial score (nSPS) is 20.3. The molecule has 2 aromatic rings. The van der Waals surface area contributed by atoms with Crippen LogP contribution in [0.3, 0.4) is 0 Å². The molecule has 0 spiro atoms. The zero-order valence-corrected chi connectivity index (χ0v) is 11.3. The van der Waals surface area contributed by atoms with Crippen molar-refractivity contribution in [1.82, 2.24) is 24.8 Å². The molecule has 0 unspecified atom stereocenters. The summed E-state index contributed by atoms with van der Waals surface area (Å²) in [5.74, 6) is 1.56. The molecule has 2 fully saturated rings. The van der Waals surface area contributed by atoms with E-state index in [9.17, 15) is 0 Å². The maximum absolute atomic E-state index is 4.60. The van der Waals surface area contributed by atoms with E-state index in [-0.39, 0.29) is 0 Å². The molecule has 19 heavy (non-hydrogen) atoms. The maximum atomic E-state index is 4.60. The van der Waals surface area contributed by atoms with E-state index in [0.717, 1.165) is 35.9 Å². The number of anilines is 1.